The van der Waals surface area contributed by atoms with Crippen molar-refractivity contribution in [3.63, 3.8) is 0 Å². The fourth-order valence-corrected chi connectivity index (χ4v) is 5.74. The number of hydrogen-bond acceptors (Lipinski definition) is 3. The third kappa shape index (κ3) is 2.49. The van der Waals surface area contributed by atoms with Gasteiger partial charge >= 0.3 is 0 Å². The van der Waals surface area contributed by atoms with Gasteiger partial charge in [-0.2, -0.15) is 0 Å². The summed E-state index contributed by atoms with van der Waals surface area (Å²) in [5.74, 6) is 0.990. The fraction of sp³-hybridized carbons (Fsp3) is 0.250. The maximum Gasteiger partial charge on any atom is 0.128 e. The highest BCUT2D eigenvalue weighted by molar-refractivity contribution is 6.07. The number of hydrogen-bond donors (Lipinski definition) is 0. The molecule has 3 nitrogen and oxygen atoms in total. The average Bonchev–Trinajstić information content (AvgIpc) is 2.82. The number of aromatic nitrogens is 1. The van der Waals surface area contributed by atoms with Gasteiger partial charge < -0.3 is 9.64 Å². The average molecular weight is 407 g/mol. The molecule has 0 N–H and O–H groups in total. The summed E-state index contributed by atoms with van der Waals surface area (Å²) >= 11 is 0. The van der Waals surface area contributed by atoms with Gasteiger partial charge in [0.25, 0.3) is 0 Å². The SMILES string of the molecule is CCc1c(CC)c2c(c3c1CN(C)c1ccncc1-3)-c1c(ccc3ccccc13)OC2. The van der Waals surface area contributed by atoms with E-state index < -0.39 is 0 Å². The molecule has 4 aromatic rings. The molecule has 154 valence electrons. The lowest BCUT2D eigenvalue weighted by Gasteiger charge is -2.36. The molecule has 0 bridgehead atoms. The van der Waals surface area contributed by atoms with Crippen molar-refractivity contribution >= 4 is 16.5 Å². The second-order valence-electron chi connectivity index (χ2n) is 8.57. The highest BCUT2D eigenvalue weighted by Crippen LogP contribution is 2.53. The maximum atomic E-state index is 6.37. The molecule has 0 aliphatic carbocycles. The van der Waals surface area contributed by atoms with Crippen LogP contribution in [0.1, 0.15) is 36.1 Å². The Hall–Kier alpha value is -3.33. The molecule has 0 atom stereocenters. The molecule has 0 amide bonds. The summed E-state index contributed by atoms with van der Waals surface area (Å²) in [6, 6.07) is 15.1. The molecule has 1 aromatic heterocycles. The molecule has 3 aromatic carbocycles. The van der Waals surface area contributed by atoms with E-state index in [2.05, 4.69) is 79.4 Å². The molecule has 3 heterocycles. The summed E-state index contributed by atoms with van der Waals surface area (Å²) < 4.78 is 6.37. The topological polar surface area (TPSA) is 25.4 Å². The minimum atomic E-state index is 0.634. The van der Waals surface area contributed by atoms with Gasteiger partial charge in [-0.3, -0.25) is 4.98 Å². The van der Waals surface area contributed by atoms with E-state index in [0.717, 1.165) is 25.1 Å². The summed E-state index contributed by atoms with van der Waals surface area (Å²) in [5.41, 5.74) is 12.2. The Kier molecular flexibility index (Phi) is 4.07. The van der Waals surface area contributed by atoms with Gasteiger partial charge in [0.05, 0.1) is 0 Å². The van der Waals surface area contributed by atoms with E-state index in [1.54, 1.807) is 0 Å². The Morgan fingerprint density at radius 1 is 0.903 bits per heavy atom. The second-order valence-corrected chi connectivity index (χ2v) is 8.57. The van der Waals surface area contributed by atoms with E-state index in [0.29, 0.717) is 6.61 Å². The van der Waals surface area contributed by atoms with Gasteiger partial charge in [0.2, 0.25) is 0 Å². The normalized spacial score (nSPS) is 13.8. The summed E-state index contributed by atoms with van der Waals surface area (Å²) in [6.07, 6.45) is 6.01. The first-order chi connectivity index (χ1) is 15.2. The molecule has 3 heteroatoms. The number of anilines is 1. The largest absolute Gasteiger partial charge is 0.488 e. The van der Waals surface area contributed by atoms with Crippen LogP contribution in [-0.2, 0) is 26.0 Å². The van der Waals surface area contributed by atoms with Crippen molar-refractivity contribution in [1.29, 1.82) is 0 Å². The molecule has 0 saturated carbocycles. The molecule has 0 fully saturated rings. The number of rotatable bonds is 2. The second kappa shape index (κ2) is 6.84. The van der Waals surface area contributed by atoms with E-state index in [-0.39, 0.29) is 0 Å². The third-order valence-electron chi connectivity index (χ3n) is 7.04. The molecule has 31 heavy (non-hydrogen) atoms. The van der Waals surface area contributed by atoms with Gasteiger partial charge in [-0.1, -0.05) is 44.2 Å². The van der Waals surface area contributed by atoms with Crippen LogP contribution < -0.4 is 9.64 Å². The molecule has 2 aliphatic heterocycles. The van der Waals surface area contributed by atoms with Crippen LogP contribution in [0.2, 0.25) is 0 Å². The van der Waals surface area contributed by atoms with E-state index in [1.165, 1.54) is 61.0 Å². The molecular weight excluding hydrogens is 380 g/mol. The third-order valence-corrected chi connectivity index (χ3v) is 7.04. The fourth-order valence-electron chi connectivity index (χ4n) is 5.74. The van der Waals surface area contributed by atoms with Crippen molar-refractivity contribution in [3.05, 3.63) is 77.1 Å². The van der Waals surface area contributed by atoms with Crippen molar-refractivity contribution in [3.8, 4) is 28.0 Å². The monoisotopic (exact) mass is 406 g/mol. The van der Waals surface area contributed by atoms with Gasteiger partial charge in [0.15, 0.2) is 0 Å². The molecule has 0 unspecified atom stereocenters. The zero-order chi connectivity index (χ0) is 21.1. The Balaban J connectivity index is 1.83. The zero-order valence-electron chi connectivity index (χ0n) is 18.3. The predicted octanol–water partition coefficient (Wildman–Crippen LogP) is 6.54. The van der Waals surface area contributed by atoms with Gasteiger partial charge in [-0.05, 0) is 58.0 Å². The van der Waals surface area contributed by atoms with Crippen molar-refractivity contribution in [2.75, 3.05) is 11.9 Å². The first-order valence-electron chi connectivity index (χ1n) is 11.2. The number of fused-ring (bicyclic) bond motifs is 9. The van der Waals surface area contributed by atoms with Gasteiger partial charge in [-0.25, -0.2) is 0 Å². The summed E-state index contributed by atoms with van der Waals surface area (Å²) in [4.78, 5) is 6.91. The molecular formula is C28H26N2O. The Morgan fingerprint density at radius 2 is 1.71 bits per heavy atom. The van der Waals surface area contributed by atoms with Crippen LogP contribution in [0.3, 0.4) is 0 Å². The zero-order valence-corrected chi connectivity index (χ0v) is 18.3. The number of benzene rings is 3. The van der Waals surface area contributed by atoms with E-state index in [9.17, 15) is 0 Å². The number of pyridine rings is 1. The molecule has 0 saturated heterocycles. The Bertz CT molecular complexity index is 1360. The minimum Gasteiger partial charge on any atom is -0.488 e. The smallest absolute Gasteiger partial charge is 0.128 e. The van der Waals surface area contributed by atoms with Crippen molar-refractivity contribution < 1.29 is 4.74 Å². The van der Waals surface area contributed by atoms with Crippen LogP contribution in [0.25, 0.3) is 33.0 Å². The maximum absolute atomic E-state index is 6.37. The summed E-state index contributed by atoms with van der Waals surface area (Å²) in [6.45, 7) is 6.13. The highest BCUT2D eigenvalue weighted by Gasteiger charge is 2.33. The van der Waals surface area contributed by atoms with Gasteiger partial charge in [0, 0.05) is 53.9 Å². The van der Waals surface area contributed by atoms with E-state index in [1.807, 2.05) is 6.20 Å². The van der Waals surface area contributed by atoms with Crippen LogP contribution in [0.5, 0.6) is 5.75 Å². The van der Waals surface area contributed by atoms with E-state index in [4.69, 9.17) is 4.74 Å². The molecule has 6 rings (SSSR count). The lowest BCUT2D eigenvalue weighted by atomic mass is 9.76. The van der Waals surface area contributed by atoms with Gasteiger partial charge in [-0.15, -0.1) is 0 Å². The highest BCUT2D eigenvalue weighted by atomic mass is 16.5. The van der Waals surface area contributed by atoms with Crippen LogP contribution in [0, 0.1) is 0 Å². The summed E-state index contributed by atoms with van der Waals surface area (Å²) in [5, 5.41) is 2.52. The van der Waals surface area contributed by atoms with Crippen molar-refractivity contribution in [2.45, 2.75) is 39.8 Å². The molecule has 0 spiro atoms. The van der Waals surface area contributed by atoms with Crippen LogP contribution in [0.15, 0.2) is 54.9 Å². The van der Waals surface area contributed by atoms with E-state index >= 15 is 0 Å². The molecule has 0 radical (unpaired) electrons. The minimum absolute atomic E-state index is 0.634. The first-order valence-corrected chi connectivity index (χ1v) is 11.2. The lowest BCUT2D eigenvalue weighted by molar-refractivity contribution is 0.301. The standard InChI is InChI=1S/C28H26N2O/c1-4-18-19(5-2)23-16-31-25-11-10-17-8-6-7-9-20(17)27(25)28(23)26-21-14-29-13-12-24(21)30(3)15-22(18)26/h6-14H,4-5,15-16H2,1-3H3. The van der Waals surface area contributed by atoms with Crippen LogP contribution in [-0.4, -0.2) is 12.0 Å². The number of nitrogens with zero attached hydrogens (tertiary/aromatic N) is 2. The molecule has 2 aliphatic rings. The van der Waals surface area contributed by atoms with Crippen molar-refractivity contribution in [1.82, 2.24) is 4.98 Å². The lowest BCUT2D eigenvalue weighted by Crippen LogP contribution is -2.25. The van der Waals surface area contributed by atoms with Crippen LogP contribution in [0.4, 0.5) is 5.69 Å². The Morgan fingerprint density at radius 3 is 2.55 bits per heavy atom. The first kappa shape index (κ1) is 18.4. The van der Waals surface area contributed by atoms with Gasteiger partial charge in [0.1, 0.15) is 12.4 Å². The van der Waals surface area contributed by atoms with Crippen molar-refractivity contribution in [2.24, 2.45) is 0 Å². The predicted molar refractivity (Wildman–Crippen MR) is 128 cm³/mol. The quantitative estimate of drug-likeness (QED) is 0.378. The summed E-state index contributed by atoms with van der Waals surface area (Å²) in [7, 11) is 2.19. The van der Waals surface area contributed by atoms with Crippen LogP contribution >= 0.6 is 0 Å². The number of ether oxygens (including phenoxy) is 1. The Labute approximate surface area is 183 Å².